The minimum Gasteiger partial charge on any atom is -0.380 e. The highest BCUT2D eigenvalue weighted by Gasteiger charge is 2.11. The van der Waals surface area contributed by atoms with E-state index in [-0.39, 0.29) is 0 Å². The molecule has 0 N–H and O–H groups in total. The van der Waals surface area contributed by atoms with Crippen molar-refractivity contribution in [2.24, 2.45) is 0 Å². The molecule has 4 nitrogen and oxygen atoms in total. The van der Waals surface area contributed by atoms with Crippen molar-refractivity contribution in [3.05, 3.63) is 0 Å². The molecule has 152 valence electrons. The molecule has 0 radical (unpaired) electrons. The Morgan fingerprint density at radius 3 is 1.48 bits per heavy atom. The van der Waals surface area contributed by atoms with E-state index in [0.29, 0.717) is 18.1 Å². The third kappa shape index (κ3) is 12.0. The Bertz CT molecular complexity index is 295. The molecular formula is C21H47N3O. The van der Waals surface area contributed by atoms with E-state index in [1.807, 2.05) is 0 Å². The molecule has 0 heterocycles. The average Bonchev–Trinajstić information content (AvgIpc) is 2.54. The fraction of sp³-hybridized carbons (Fsp3) is 1.00. The molecule has 0 rings (SSSR count). The second-order valence-electron chi connectivity index (χ2n) is 7.89. The van der Waals surface area contributed by atoms with Gasteiger partial charge in [0.05, 0.1) is 6.61 Å². The maximum Gasteiger partial charge on any atom is 0.0593 e. The zero-order chi connectivity index (χ0) is 19.2. The van der Waals surface area contributed by atoms with Gasteiger partial charge in [-0.1, -0.05) is 13.8 Å². The van der Waals surface area contributed by atoms with Gasteiger partial charge in [-0.05, 0) is 80.6 Å². The molecule has 0 aromatic heterocycles. The Kier molecular flexibility index (Phi) is 14.9. The van der Waals surface area contributed by atoms with Crippen molar-refractivity contribution in [2.45, 2.75) is 86.4 Å². The molecule has 0 unspecified atom stereocenters. The van der Waals surface area contributed by atoms with Crippen LogP contribution in [0.25, 0.3) is 0 Å². The van der Waals surface area contributed by atoms with E-state index in [2.05, 4.69) is 70.1 Å². The second-order valence-corrected chi connectivity index (χ2v) is 7.89. The lowest BCUT2D eigenvalue weighted by Gasteiger charge is -2.29. The number of hydrogen-bond acceptors (Lipinski definition) is 4. The van der Waals surface area contributed by atoms with Crippen LogP contribution in [0, 0.1) is 0 Å². The first-order chi connectivity index (χ1) is 11.8. The van der Waals surface area contributed by atoms with E-state index >= 15 is 0 Å². The van der Waals surface area contributed by atoms with E-state index in [0.717, 1.165) is 45.8 Å². The molecule has 4 heteroatoms. The molecule has 0 aliphatic rings. The van der Waals surface area contributed by atoms with Crippen LogP contribution in [0.15, 0.2) is 0 Å². The van der Waals surface area contributed by atoms with Gasteiger partial charge in [-0.2, -0.15) is 0 Å². The van der Waals surface area contributed by atoms with Crippen molar-refractivity contribution in [2.75, 3.05) is 52.5 Å². The molecular weight excluding hydrogens is 310 g/mol. The fourth-order valence-electron chi connectivity index (χ4n) is 3.32. The highest BCUT2D eigenvalue weighted by atomic mass is 16.5. The van der Waals surface area contributed by atoms with E-state index in [4.69, 9.17) is 4.74 Å². The summed E-state index contributed by atoms with van der Waals surface area (Å²) in [6, 6.07) is 1.88. The van der Waals surface area contributed by atoms with Crippen LogP contribution in [0.4, 0.5) is 0 Å². The van der Waals surface area contributed by atoms with Crippen molar-refractivity contribution in [1.82, 2.24) is 14.7 Å². The molecule has 0 saturated heterocycles. The molecule has 0 aliphatic carbocycles. The minimum absolute atomic E-state index is 0.610. The number of ether oxygens (including phenoxy) is 1. The summed E-state index contributed by atoms with van der Waals surface area (Å²) >= 11 is 0. The van der Waals surface area contributed by atoms with Crippen LogP contribution in [0.2, 0.25) is 0 Å². The summed E-state index contributed by atoms with van der Waals surface area (Å²) < 4.78 is 5.86. The van der Waals surface area contributed by atoms with Gasteiger partial charge in [0.2, 0.25) is 0 Å². The van der Waals surface area contributed by atoms with Crippen LogP contribution < -0.4 is 0 Å². The van der Waals surface area contributed by atoms with Crippen LogP contribution in [-0.2, 0) is 4.74 Å². The Hall–Kier alpha value is -0.160. The normalized spacial score (nSPS) is 12.7. The molecule has 0 aliphatic heterocycles. The number of rotatable bonds is 16. The second kappa shape index (κ2) is 15.0. The fourth-order valence-corrected chi connectivity index (χ4v) is 3.32. The summed E-state index contributed by atoms with van der Waals surface area (Å²) in [5.41, 5.74) is 0. The highest BCUT2D eigenvalue weighted by molar-refractivity contribution is 4.67. The number of hydrogen-bond donors (Lipinski definition) is 0. The highest BCUT2D eigenvalue weighted by Crippen LogP contribution is 2.05. The predicted octanol–water partition coefficient (Wildman–Crippen LogP) is 3.95. The lowest BCUT2D eigenvalue weighted by Crippen LogP contribution is -2.37. The Morgan fingerprint density at radius 2 is 1.00 bits per heavy atom. The third-order valence-corrected chi connectivity index (χ3v) is 5.15. The van der Waals surface area contributed by atoms with E-state index in [9.17, 15) is 0 Å². The van der Waals surface area contributed by atoms with Gasteiger partial charge in [-0.15, -0.1) is 0 Å². The zero-order valence-electron chi connectivity index (χ0n) is 18.6. The van der Waals surface area contributed by atoms with Gasteiger partial charge in [0.25, 0.3) is 0 Å². The monoisotopic (exact) mass is 357 g/mol. The van der Waals surface area contributed by atoms with Gasteiger partial charge in [0.1, 0.15) is 0 Å². The largest absolute Gasteiger partial charge is 0.380 e. The molecule has 0 amide bonds. The van der Waals surface area contributed by atoms with Gasteiger partial charge in [-0.25, -0.2) is 0 Å². The SMILES string of the molecule is CCN(CCCN(CCCOCCN(CC)C(C)C)C(C)C)C(C)C. The molecule has 0 bridgehead atoms. The standard InChI is InChI=1S/C21H47N3O/c1-9-22(19(3)4)13-11-14-24(21(7)8)15-12-17-25-18-16-23(10-2)20(5)6/h19-21H,9-18H2,1-8H3. The van der Waals surface area contributed by atoms with E-state index in [1.54, 1.807) is 0 Å². The third-order valence-electron chi connectivity index (χ3n) is 5.15. The van der Waals surface area contributed by atoms with E-state index < -0.39 is 0 Å². The van der Waals surface area contributed by atoms with Gasteiger partial charge in [0.15, 0.2) is 0 Å². The lowest BCUT2D eigenvalue weighted by atomic mass is 10.2. The topological polar surface area (TPSA) is 19.0 Å². The van der Waals surface area contributed by atoms with Gasteiger partial charge in [-0.3, -0.25) is 4.90 Å². The Morgan fingerprint density at radius 1 is 0.560 bits per heavy atom. The molecule has 0 atom stereocenters. The van der Waals surface area contributed by atoms with Crippen molar-refractivity contribution in [3.63, 3.8) is 0 Å². The lowest BCUT2D eigenvalue weighted by molar-refractivity contribution is 0.0840. The molecule has 25 heavy (non-hydrogen) atoms. The number of likely N-dealkylation sites (N-methyl/N-ethyl adjacent to an activating group) is 1. The van der Waals surface area contributed by atoms with E-state index in [1.165, 1.54) is 19.5 Å². The van der Waals surface area contributed by atoms with Crippen LogP contribution in [-0.4, -0.2) is 85.3 Å². The molecule has 0 aromatic rings. The number of nitrogens with zero attached hydrogens (tertiary/aromatic N) is 3. The van der Waals surface area contributed by atoms with Crippen molar-refractivity contribution < 1.29 is 4.74 Å². The van der Waals surface area contributed by atoms with Crippen molar-refractivity contribution in [3.8, 4) is 0 Å². The maximum atomic E-state index is 5.86. The predicted molar refractivity (Wildman–Crippen MR) is 112 cm³/mol. The minimum atomic E-state index is 0.610. The molecule has 0 aromatic carbocycles. The van der Waals surface area contributed by atoms with Crippen LogP contribution in [0.3, 0.4) is 0 Å². The molecule has 0 spiro atoms. The molecule has 0 fully saturated rings. The van der Waals surface area contributed by atoms with Gasteiger partial charge < -0.3 is 14.5 Å². The summed E-state index contributed by atoms with van der Waals surface area (Å²) in [6.45, 7) is 26.8. The average molecular weight is 358 g/mol. The first kappa shape index (κ1) is 24.8. The van der Waals surface area contributed by atoms with Gasteiger partial charge >= 0.3 is 0 Å². The Balaban J connectivity index is 3.90. The summed E-state index contributed by atoms with van der Waals surface area (Å²) in [7, 11) is 0. The summed E-state index contributed by atoms with van der Waals surface area (Å²) in [6.07, 6.45) is 2.39. The van der Waals surface area contributed by atoms with Crippen LogP contribution in [0.1, 0.15) is 68.2 Å². The first-order valence-electron chi connectivity index (χ1n) is 10.6. The van der Waals surface area contributed by atoms with Crippen LogP contribution >= 0.6 is 0 Å². The van der Waals surface area contributed by atoms with Crippen LogP contribution in [0.5, 0.6) is 0 Å². The van der Waals surface area contributed by atoms with Crippen molar-refractivity contribution >= 4 is 0 Å². The van der Waals surface area contributed by atoms with Crippen molar-refractivity contribution in [1.29, 1.82) is 0 Å². The quantitative estimate of drug-likeness (QED) is 0.389. The van der Waals surface area contributed by atoms with Gasteiger partial charge in [0, 0.05) is 37.8 Å². The smallest absolute Gasteiger partial charge is 0.0593 e. The zero-order valence-corrected chi connectivity index (χ0v) is 18.6. The summed E-state index contributed by atoms with van der Waals surface area (Å²) in [4.78, 5) is 7.61. The maximum absolute atomic E-state index is 5.86. The first-order valence-corrected chi connectivity index (χ1v) is 10.6. The Labute approximate surface area is 158 Å². The summed E-state index contributed by atoms with van der Waals surface area (Å²) in [5.74, 6) is 0. The summed E-state index contributed by atoms with van der Waals surface area (Å²) in [5, 5.41) is 0. The molecule has 0 saturated carbocycles.